The van der Waals surface area contributed by atoms with Crippen molar-refractivity contribution in [3.05, 3.63) is 158 Å². The molecule has 5 N–H and O–H groups in total. The second kappa shape index (κ2) is 16.1. The van der Waals surface area contributed by atoms with Crippen LogP contribution in [0.15, 0.2) is 198 Å². The maximum Gasteiger partial charge on any atom is 0.294 e. The maximum atomic E-state index is 12.2. The summed E-state index contributed by atoms with van der Waals surface area (Å²) in [5, 5.41) is 54.9. The minimum absolute atomic E-state index is 0.123. The first-order chi connectivity index (χ1) is 30.3. The number of hydrogen-bond acceptors (Lipinski definition) is 13. The zero-order chi connectivity index (χ0) is 43.9. The van der Waals surface area contributed by atoms with Gasteiger partial charge in [0.15, 0.2) is 5.75 Å². The number of para-hydroxylation sites is 1. The summed E-state index contributed by atoms with van der Waals surface area (Å²) in [5.74, 6) is 0.00597. The largest absolute Gasteiger partial charge is 0.507 e. The number of phenols is 2. The highest BCUT2D eigenvalue weighted by molar-refractivity contribution is 7.86. The molecule has 17 heteroatoms. The molecule has 0 saturated heterocycles. The highest BCUT2D eigenvalue weighted by Crippen LogP contribution is 2.42. The van der Waals surface area contributed by atoms with Gasteiger partial charge in [-0.1, -0.05) is 48.5 Å². The third-order valence-corrected chi connectivity index (χ3v) is 11.9. The van der Waals surface area contributed by atoms with E-state index in [2.05, 4.69) is 36.0 Å². The lowest BCUT2D eigenvalue weighted by Crippen LogP contribution is -1.97. The molecule has 0 aliphatic carbocycles. The van der Waals surface area contributed by atoms with Gasteiger partial charge in [0.25, 0.3) is 20.2 Å². The topological polar surface area (TPSA) is 235 Å². The summed E-state index contributed by atoms with van der Waals surface area (Å²) in [5.41, 5.74) is 3.32. The molecule has 0 radical (unpaired) electrons. The van der Waals surface area contributed by atoms with Crippen molar-refractivity contribution in [2.45, 2.75) is 9.79 Å². The van der Waals surface area contributed by atoms with E-state index < -0.39 is 30.0 Å². The van der Waals surface area contributed by atoms with Crippen LogP contribution in [0.5, 0.6) is 11.5 Å². The van der Waals surface area contributed by atoms with Crippen LogP contribution in [0.4, 0.5) is 45.5 Å². The normalized spacial score (nSPS) is 12.5. The summed E-state index contributed by atoms with van der Waals surface area (Å²) < 4.78 is 68.7. The second-order valence-electron chi connectivity index (χ2n) is 14.2. The van der Waals surface area contributed by atoms with Crippen molar-refractivity contribution in [3.63, 3.8) is 0 Å². The van der Waals surface area contributed by atoms with Crippen LogP contribution < -0.4 is 5.32 Å². The van der Waals surface area contributed by atoms with Crippen LogP contribution >= 0.6 is 0 Å². The van der Waals surface area contributed by atoms with Crippen molar-refractivity contribution in [1.82, 2.24) is 0 Å². The molecule has 0 spiro atoms. The van der Waals surface area contributed by atoms with Crippen LogP contribution in [-0.4, -0.2) is 36.2 Å². The van der Waals surface area contributed by atoms with E-state index >= 15 is 0 Å². The van der Waals surface area contributed by atoms with Gasteiger partial charge < -0.3 is 15.5 Å². The van der Waals surface area contributed by atoms with E-state index in [1.165, 1.54) is 42.5 Å². The number of phenolic OH excluding ortho intramolecular Hbond substituents is 2. The standard InChI is InChI=1S/C46H31N7O8S2/c54-45-8-4-5-27-24-31(11-14-34(27)45)48-49-40-19-21-42(38-25-32(62(56,57)58)12-16-36(38)40)51-50-41-20-22-43(39-26-33(63(59,60)61)13-17-37(39)41)52-53-44-18-9-28-23-30(10-15-35(28)46(44)55)47-29-6-2-1-3-7-29/h1-26,47,54-55H,(H,56,57,58)(H,59,60,61). The fraction of sp³-hybridized carbons (Fsp3) is 0. The lowest BCUT2D eigenvalue weighted by atomic mass is 10.1. The first-order valence-corrected chi connectivity index (χ1v) is 21.8. The van der Waals surface area contributed by atoms with Crippen LogP contribution in [0.25, 0.3) is 43.1 Å². The Bertz CT molecular complexity index is 3640. The minimum atomic E-state index is -4.65. The van der Waals surface area contributed by atoms with E-state index in [-0.39, 0.29) is 45.0 Å². The Morgan fingerprint density at radius 2 is 0.889 bits per heavy atom. The first-order valence-electron chi connectivity index (χ1n) is 18.9. The summed E-state index contributed by atoms with van der Waals surface area (Å²) in [6.07, 6.45) is 0. The molecule has 15 nitrogen and oxygen atoms in total. The quantitative estimate of drug-likeness (QED) is 0.0648. The molecule has 0 aliphatic heterocycles. The van der Waals surface area contributed by atoms with Crippen molar-refractivity contribution in [2.75, 3.05) is 5.32 Å². The van der Waals surface area contributed by atoms with Crippen LogP contribution in [0.3, 0.4) is 0 Å². The maximum absolute atomic E-state index is 12.2. The van der Waals surface area contributed by atoms with Gasteiger partial charge in [-0.05, 0) is 120 Å². The van der Waals surface area contributed by atoms with Crippen LogP contribution in [-0.2, 0) is 20.2 Å². The average molecular weight is 874 g/mol. The first kappa shape index (κ1) is 40.4. The molecule has 0 amide bonds. The Balaban J connectivity index is 1.07. The molecule has 0 fully saturated rings. The van der Waals surface area contributed by atoms with E-state index in [1.54, 1.807) is 66.7 Å². The van der Waals surface area contributed by atoms with E-state index in [0.717, 1.165) is 22.1 Å². The SMILES string of the molecule is O=S(=O)(O)c1ccc2c(N=Nc3ccc(N=Nc4ccc5c(O)cccc5c4)c4ccc(S(=O)(=O)O)cc34)ccc(N=Nc3ccc4cc(Nc5ccccc5)ccc4c3O)c2c1. The number of fused-ring (bicyclic) bond motifs is 4. The zero-order valence-electron chi connectivity index (χ0n) is 32.4. The highest BCUT2D eigenvalue weighted by atomic mass is 32.2. The minimum Gasteiger partial charge on any atom is -0.507 e. The van der Waals surface area contributed by atoms with Crippen molar-refractivity contribution in [1.29, 1.82) is 0 Å². The van der Waals surface area contributed by atoms with Gasteiger partial charge in [-0.3, -0.25) is 9.11 Å². The highest BCUT2D eigenvalue weighted by Gasteiger charge is 2.17. The van der Waals surface area contributed by atoms with Gasteiger partial charge >= 0.3 is 0 Å². The molecule has 310 valence electrons. The van der Waals surface area contributed by atoms with E-state index in [0.29, 0.717) is 32.9 Å². The molecule has 0 atom stereocenters. The van der Waals surface area contributed by atoms with Crippen molar-refractivity contribution in [2.24, 2.45) is 30.7 Å². The van der Waals surface area contributed by atoms with Crippen molar-refractivity contribution >= 4 is 109 Å². The molecule has 0 bridgehead atoms. The molecule has 63 heavy (non-hydrogen) atoms. The summed E-state index contributed by atoms with van der Waals surface area (Å²) >= 11 is 0. The Morgan fingerprint density at radius 1 is 0.381 bits per heavy atom. The van der Waals surface area contributed by atoms with E-state index in [4.69, 9.17) is 0 Å². The van der Waals surface area contributed by atoms with Gasteiger partial charge in [0.2, 0.25) is 0 Å². The lowest BCUT2D eigenvalue weighted by molar-refractivity contribution is 0.481. The Kier molecular flexibility index (Phi) is 10.4. The molecule has 0 heterocycles. The number of aromatic hydroxyl groups is 2. The number of rotatable bonds is 10. The molecular weight excluding hydrogens is 843 g/mol. The predicted molar refractivity (Wildman–Crippen MR) is 241 cm³/mol. The predicted octanol–water partition coefficient (Wildman–Crippen LogP) is 13.2. The van der Waals surface area contributed by atoms with E-state index in [9.17, 15) is 36.2 Å². The average Bonchev–Trinajstić information content (AvgIpc) is 3.27. The summed E-state index contributed by atoms with van der Waals surface area (Å²) in [6.45, 7) is 0. The van der Waals surface area contributed by atoms with Crippen molar-refractivity contribution in [3.8, 4) is 11.5 Å². The molecule has 0 saturated carbocycles. The summed E-state index contributed by atoms with van der Waals surface area (Å²) in [7, 11) is -9.27. The van der Waals surface area contributed by atoms with Gasteiger partial charge in [0.1, 0.15) is 11.4 Å². The molecule has 0 aliphatic rings. The fourth-order valence-corrected chi connectivity index (χ4v) is 8.07. The smallest absolute Gasteiger partial charge is 0.294 e. The third-order valence-electron chi connectivity index (χ3n) is 10.2. The molecular formula is C46H31N7O8S2. The van der Waals surface area contributed by atoms with E-state index in [1.807, 2.05) is 48.5 Å². The molecule has 9 aromatic rings. The number of hydrogen-bond donors (Lipinski definition) is 5. The van der Waals surface area contributed by atoms with Gasteiger partial charge in [-0.2, -0.15) is 21.9 Å². The number of nitrogens with zero attached hydrogens (tertiary/aromatic N) is 6. The Morgan fingerprint density at radius 3 is 1.49 bits per heavy atom. The molecule has 9 aromatic carbocycles. The van der Waals surface area contributed by atoms with Crippen LogP contribution in [0, 0.1) is 0 Å². The van der Waals surface area contributed by atoms with Gasteiger partial charge in [-0.15, -0.1) is 25.6 Å². The Hall–Kier alpha value is -7.96. The van der Waals surface area contributed by atoms with Gasteiger partial charge in [0, 0.05) is 43.7 Å². The molecule has 9 rings (SSSR count). The zero-order valence-corrected chi connectivity index (χ0v) is 34.1. The number of azo groups is 3. The van der Waals surface area contributed by atoms with Crippen LogP contribution in [0.2, 0.25) is 0 Å². The van der Waals surface area contributed by atoms with Crippen molar-refractivity contribution < 1.29 is 36.2 Å². The summed E-state index contributed by atoms with van der Waals surface area (Å²) in [6, 6.07) is 42.8. The fourth-order valence-electron chi connectivity index (χ4n) is 7.05. The van der Waals surface area contributed by atoms with Gasteiger partial charge in [-0.25, -0.2) is 0 Å². The molecule has 0 aromatic heterocycles. The Labute approximate surface area is 358 Å². The summed E-state index contributed by atoms with van der Waals surface area (Å²) in [4.78, 5) is -0.806. The molecule has 0 unspecified atom stereocenters. The number of benzene rings is 9. The number of anilines is 2. The van der Waals surface area contributed by atoms with Crippen LogP contribution in [0.1, 0.15) is 0 Å². The lowest BCUT2D eigenvalue weighted by Gasteiger charge is -2.09. The third kappa shape index (κ3) is 8.39. The monoisotopic (exact) mass is 873 g/mol. The van der Waals surface area contributed by atoms with Gasteiger partial charge in [0.05, 0.1) is 38.2 Å². The second-order valence-corrected chi connectivity index (χ2v) is 17.1. The number of nitrogens with one attached hydrogen (secondary N) is 1.